The maximum atomic E-state index is 13.2. The van der Waals surface area contributed by atoms with Gasteiger partial charge in [-0.2, -0.15) is 13.2 Å². The van der Waals surface area contributed by atoms with Gasteiger partial charge < -0.3 is 19.3 Å². The van der Waals surface area contributed by atoms with Crippen LogP contribution in [0.1, 0.15) is 42.8 Å². The van der Waals surface area contributed by atoms with Gasteiger partial charge in [-0.3, -0.25) is 4.98 Å². The van der Waals surface area contributed by atoms with Crippen molar-refractivity contribution < 1.29 is 23.0 Å². The number of aryl methyl sites for hydroxylation is 1. The van der Waals surface area contributed by atoms with Gasteiger partial charge in [0.15, 0.2) is 17.2 Å². The topological polar surface area (TPSA) is 76.3 Å². The number of nitrogens with zero attached hydrogens (tertiary/aromatic N) is 5. The van der Waals surface area contributed by atoms with Gasteiger partial charge in [0.1, 0.15) is 5.69 Å². The minimum absolute atomic E-state index is 0.142. The summed E-state index contributed by atoms with van der Waals surface area (Å²) < 4.78 is 47.2. The predicted octanol–water partition coefficient (Wildman–Crippen LogP) is 5.32. The number of imidazole rings is 1. The van der Waals surface area contributed by atoms with Crippen molar-refractivity contribution in [2.75, 3.05) is 18.0 Å². The molecule has 3 aromatic heterocycles. The lowest BCUT2D eigenvalue weighted by Gasteiger charge is -2.34. The number of pyridine rings is 2. The standard InChI is InChI=1S/C26H25ClF3N5O2/c1-15(2)37-23-22(27)18-11-16(5-7-19(18)33-24(23)35-9-4-10-35)25(36,21-13-31-14-34(21)3)17-6-8-20(32-12-17)26(28,29)30/h5-8,11-15,36H,4,9-10H2,1-3H3. The van der Waals surface area contributed by atoms with Gasteiger partial charge in [-0.05, 0) is 44.0 Å². The molecule has 1 N–H and O–H groups in total. The van der Waals surface area contributed by atoms with E-state index in [9.17, 15) is 18.3 Å². The second kappa shape index (κ2) is 9.18. The highest BCUT2D eigenvalue weighted by Gasteiger charge is 2.39. The fourth-order valence-corrected chi connectivity index (χ4v) is 4.73. The van der Waals surface area contributed by atoms with Crippen LogP contribution in [0.25, 0.3) is 10.9 Å². The van der Waals surface area contributed by atoms with Crippen molar-refractivity contribution in [1.29, 1.82) is 0 Å². The monoisotopic (exact) mass is 531 g/mol. The number of halogens is 4. The van der Waals surface area contributed by atoms with E-state index in [1.165, 1.54) is 18.6 Å². The second-order valence-electron chi connectivity index (χ2n) is 9.35. The quantitative estimate of drug-likeness (QED) is 0.363. The van der Waals surface area contributed by atoms with Gasteiger partial charge in [0, 0.05) is 37.3 Å². The van der Waals surface area contributed by atoms with E-state index in [-0.39, 0.29) is 11.7 Å². The average Bonchev–Trinajstić information content (AvgIpc) is 3.25. The summed E-state index contributed by atoms with van der Waals surface area (Å²) in [7, 11) is 1.69. The molecular formula is C26H25ClF3N5O2. The van der Waals surface area contributed by atoms with Crippen LogP contribution in [-0.4, -0.2) is 43.8 Å². The van der Waals surface area contributed by atoms with Crippen LogP contribution in [0.3, 0.4) is 0 Å². The normalized spacial score (nSPS) is 15.6. The fourth-order valence-electron chi connectivity index (χ4n) is 4.45. The summed E-state index contributed by atoms with van der Waals surface area (Å²) in [4.78, 5) is 14.6. The smallest absolute Gasteiger partial charge is 0.433 e. The number of fused-ring (bicyclic) bond motifs is 1. The number of aliphatic hydroxyl groups is 1. The van der Waals surface area contributed by atoms with E-state index >= 15 is 0 Å². The molecule has 1 aliphatic heterocycles. The third-order valence-corrected chi connectivity index (χ3v) is 6.82. The zero-order valence-corrected chi connectivity index (χ0v) is 21.2. The minimum Gasteiger partial charge on any atom is -0.486 e. The molecule has 7 nitrogen and oxygen atoms in total. The zero-order chi connectivity index (χ0) is 26.5. The van der Waals surface area contributed by atoms with Crippen LogP contribution < -0.4 is 9.64 Å². The van der Waals surface area contributed by atoms with Crippen LogP contribution in [0.15, 0.2) is 49.1 Å². The van der Waals surface area contributed by atoms with Gasteiger partial charge in [-0.1, -0.05) is 23.7 Å². The summed E-state index contributed by atoms with van der Waals surface area (Å²) in [5.41, 5.74) is -1.49. The van der Waals surface area contributed by atoms with Crippen LogP contribution in [-0.2, 0) is 18.8 Å². The van der Waals surface area contributed by atoms with Crippen molar-refractivity contribution in [3.05, 3.63) is 76.6 Å². The number of benzene rings is 1. The Balaban J connectivity index is 1.71. The predicted molar refractivity (Wildman–Crippen MR) is 134 cm³/mol. The second-order valence-corrected chi connectivity index (χ2v) is 9.73. The van der Waals surface area contributed by atoms with Crippen LogP contribution in [0.5, 0.6) is 5.75 Å². The molecule has 194 valence electrons. The molecule has 1 aliphatic rings. The molecule has 1 unspecified atom stereocenters. The van der Waals surface area contributed by atoms with Crippen molar-refractivity contribution in [2.24, 2.45) is 7.05 Å². The van der Waals surface area contributed by atoms with E-state index < -0.39 is 17.5 Å². The first-order valence-electron chi connectivity index (χ1n) is 11.8. The Morgan fingerprint density at radius 1 is 1.08 bits per heavy atom. The maximum absolute atomic E-state index is 13.2. The molecule has 1 aromatic carbocycles. The third-order valence-electron chi connectivity index (χ3n) is 6.45. The molecular weight excluding hydrogens is 507 g/mol. The highest BCUT2D eigenvalue weighted by atomic mass is 35.5. The lowest BCUT2D eigenvalue weighted by Crippen LogP contribution is -2.38. The van der Waals surface area contributed by atoms with E-state index in [1.54, 1.807) is 29.8 Å². The van der Waals surface area contributed by atoms with Gasteiger partial charge in [-0.15, -0.1) is 0 Å². The number of alkyl halides is 3. The van der Waals surface area contributed by atoms with Crippen molar-refractivity contribution >= 4 is 28.3 Å². The number of anilines is 1. The molecule has 1 saturated heterocycles. The Morgan fingerprint density at radius 3 is 2.35 bits per heavy atom. The Kier molecular flexibility index (Phi) is 6.27. The van der Waals surface area contributed by atoms with E-state index in [1.807, 2.05) is 13.8 Å². The molecule has 5 rings (SSSR count). The number of ether oxygens (including phenoxy) is 1. The Bertz CT molecular complexity index is 1450. The van der Waals surface area contributed by atoms with Gasteiger partial charge in [0.05, 0.1) is 34.9 Å². The molecule has 4 heterocycles. The van der Waals surface area contributed by atoms with Gasteiger partial charge in [-0.25, -0.2) is 9.97 Å². The molecule has 1 fully saturated rings. The summed E-state index contributed by atoms with van der Waals surface area (Å²) in [6.45, 7) is 5.50. The lowest BCUT2D eigenvalue weighted by atomic mass is 9.83. The van der Waals surface area contributed by atoms with Crippen LogP contribution >= 0.6 is 11.6 Å². The summed E-state index contributed by atoms with van der Waals surface area (Å²) in [5.74, 6) is 1.13. The molecule has 0 bridgehead atoms. The lowest BCUT2D eigenvalue weighted by molar-refractivity contribution is -0.141. The fraction of sp³-hybridized carbons (Fsp3) is 0.346. The first-order chi connectivity index (χ1) is 17.5. The van der Waals surface area contributed by atoms with Crippen molar-refractivity contribution in [3.8, 4) is 5.75 Å². The molecule has 11 heteroatoms. The zero-order valence-electron chi connectivity index (χ0n) is 20.4. The molecule has 0 radical (unpaired) electrons. The van der Waals surface area contributed by atoms with Crippen LogP contribution in [0.4, 0.5) is 19.0 Å². The van der Waals surface area contributed by atoms with Crippen LogP contribution in [0, 0.1) is 0 Å². The molecule has 0 aliphatic carbocycles. The van der Waals surface area contributed by atoms with Gasteiger partial charge in [0.2, 0.25) is 0 Å². The van der Waals surface area contributed by atoms with Crippen molar-refractivity contribution in [1.82, 2.24) is 19.5 Å². The molecule has 0 saturated carbocycles. The Labute approximate surface area is 216 Å². The molecule has 1 atom stereocenters. The Hall–Kier alpha value is -3.37. The molecule has 0 amide bonds. The molecule has 0 spiro atoms. The van der Waals surface area contributed by atoms with E-state index in [2.05, 4.69) is 14.9 Å². The first kappa shape index (κ1) is 25.3. The summed E-state index contributed by atoms with van der Waals surface area (Å²) in [6, 6.07) is 7.16. The van der Waals surface area contributed by atoms with E-state index in [0.29, 0.717) is 38.8 Å². The summed E-state index contributed by atoms with van der Waals surface area (Å²) in [6.07, 6.45) is 0.288. The summed E-state index contributed by atoms with van der Waals surface area (Å²) in [5, 5.41) is 13.0. The van der Waals surface area contributed by atoms with Crippen molar-refractivity contribution in [3.63, 3.8) is 0 Å². The SMILES string of the molecule is CC(C)Oc1c(N2CCC2)nc2ccc(C(O)(c3ccc(C(F)(F)F)nc3)c3cncn3C)cc2c1Cl. The van der Waals surface area contributed by atoms with Gasteiger partial charge >= 0.3 is 6.18 Å². The minimum atomic E-state index is -4.60. The van der Waals surface area contributed by atoms with E-state index in [4.69, 9.17) is 21.3 Å². The number of hydrogen-bond donors (Lipinski definition) is 1. The third kappa shape index (κ3) is 4.38. The highest BCUT2D eigenvalue weighted by molar-refractivity contribution is 6.37. The average molecular weight is 532 g/mol. The number of hydrogen-bond acceptors (Lipinski definition) is 6. The van der Waals surface area contributed by atoms with Crippen molar-refractivity contribution in [2.45, 2.75) is 38.1 Å². The number of rotatable bonds is 6. The van der Waals surface area contributed by atoms with Gasteiger partial charge in [0.25, 0.3) is 0 Å². The Morgan fingerprint density at radius 2 is 1.81 bits per heavy atom. The highest BCUT2D eigenvalue weighted by Crippen LogP contribution is 2.44. The molecule has 4 aromatic rings. The molecule has 37 heavy (non-hydrogen) atoms. The summed E-state index contributed by atoms with van der Waals surface area (Å²) >= 11 is 6.88. The largest absolute Gasteiger partial charge is 0.486 e. The number of aromatic nitrogens is 4. The maximum Gasteiger partial charge on any atom is 0.433 e. The van der Waals surface area contributed by atoms with E-state index in [0.717, 1.165) is 31.8 Å². The first-order valence-corrected chi connectivity index (χ1v) is 12.2. The van der Waals surface area contributed by atoms with Crippen LogP contribution in [0.2, 0.25) is 5.02 Å².